The standard InChI is InChI=1S/C17H21N5O3/c1-2-14-20-21-15(25-14)11-19-16(23)12-6-9-22(10-7-12)17(24)13-5-3-4-8-18-13/h3-5,8,12H,2,6-7,9-11H2,1H3,(H,19,23). The molecule has 3 heterocycles. The number of carbonyl (C=O) groups is 2. The molecule has 2 aromatic rings. The van der Waals surface area contributed by atoms with E-state index in [1.165, 1.54) is 0 Å². The average Bonchev–Trinajstić information content (AvgIpc) is 3.14. The molecule has 25 heavy (non-hydrogen) atoms. The zero-order valence-electron chi connectivity index (χ0n) is 14.1. The van der Waals surface area contributed by atoms with E-state index in [0.29, 0.717) is 49.8 Å². The summed E-state index contributed by atoms with van der Waals surface area (Å²) in [7, 11) is 0. The predicted molar refractivity (Wildman–Crippen MR) is 88.4 cm³/mol. The van der Waals surface area contributed by atoms with E-state index in [1.807, 2.05) is 6.92 Å². The Balaban J connectivity index is 1.46. The Morgan fingerprint density at radius 1 is 1.24 bits per heavy atom. The van der Waals surface area contributed by atoms with E-state index in [2.05, 4.69) is 20.5 Å². The molecule has 1 saturated heterocycles. The summed E-state index contributed by atoms with van der Waals surface area (Å²) >= 11 is 0. The maximum atomic E-state index is 12.4. The third-order valence-corrected chi connectivity index (χ3v) is 4.26. The number of amides is 2. The highest BCUT2D eigenvalue weighted by molar-refractivity contribution is 5.92. The number of hydrogen-bond donors (Lipinski definition) is 1. The van der Waals surface area contributed by atoms with Crippen molar-refractivity contribution in [2.24, 2.45) is 5.92 Å². The van der Waals surface area contributed by atoms with Crippen molar-refractivity contribution in [3.8, 4) is 0 Å². The van der Waals surface area contributed by atoms with Crippen LogP contribution in [0.5, 0.6) is 0 Å². The maximum Gasteiger partial charge on any atom is 0.272 e. The van der Waals surface area contributed by atoms with E-state index in [9.17, 15) is 9.59 Å². The van der Waals surface area contributed by atoms with Gasteiger partial charge in [0.2, 0.25) is 17.7 Å². The number of carbonyl (C=O) groups excluding carboxylic acids is 2. The van der Waals surface area contributed by atoms with E-state index in [0.717, 1.165) is 0 Å². The highest BCUT2D eigenvalue weighted by atomic mass is 16.4. The molecule has 132 valence electrons. The topological polar surface area (TPSA) is 101 Å². The fourth-order valence-electron chi connectivity index (χ4n) is 2.81. The summed E-state index contributed by atoms with van der Waals surface area (Å²) in [5.74, 6) is 0.735. The highest BCUT2D eigenvalue weighted by Gasteiger charge is 2.28. The average molecular weight is 343 g/mol. The summed E-state index contributed by atoms with van der Waals surface area (Å²) in [4.78, 5) is 30.5. The number of likely N-dealkylation sites (tertiary alicyclic amines) is 1. The van der Waals surface area contributed by atoms with E-state index < -0.39 is 0 Å². The Labute approximate surface area is 145 Å². The van der Waals surface area contributed by atoms with Gasteiger partial charge in [0, 0.05) is 31.6 Å². The molecule has 0 saturated carbocycles. The van der Waals surface area contributed by atoms with Gasteiger partial charge in [-0.15, -0.1) is 10.2 Å². The molecule has 0 aromatic carbocycles. The van der Waals surface area contributed by atoms with Crippen LogP contribution in [0, 0.1) is 5.92 Å². The number of hydrogen-bond acceptors (Lipinski definition) is 6. The number of piperidine rings is 1. The largest absolute Gasteiger partial charge is 0.423 e. The molecule has 0 atom stereocenters. The monoisotopic (exact) mass is 343 g/mol. The number of nitrogens with zero attached hydrogens (tertiary/aromatic N) is 4. The van der Waals surface area contributed by atoms with Crippen molar-refractivity contribution in [3.05, 3.63) is 41.9 Å². The first kappa shape index (κ1) is 17.1. The second-order valence-electron chi connectivity index (χ2n) is 5.94. The normalized spacial score (nSPS) is 15.2. The van der Waals surface area contributed by atoms with Crippen molar-refractivity contribution in [2.45, 2.75) is 32.7 Å². The predicted octanol–water partition coefficient (Wildman–Crippen LogP) is 1.20. The van der Waals surface area contributed by atoms with E-state index >= 15 is 0 Å². The Kier molecular flexibility index (Phi) is 5.37. The van der Waals surface area contributed by atoms with Crippen LogP contribution in [0.3, 0.4) is 0 Å². The number of nitrogens with one attached hydrogen (secondary N) is 1. The number of aromatic nitrogens is 3. The Hall–Kier alpha value is -2.77. The first-order valence-corrected chi connectivity index (χ1v) is 8.46. The summed E-state index contributed by atoms with van der Waals surface area (Å²) in [6, 6.07) is 5.28. The maximum absolute atomic E-state index is 12.4. The van der Waals surface area contributed by atoms with Crippen LogP contribution >= 0.6 is 0 Å². The summed E-state index contributed by atoms with van der Waals surface area (Å²) in [6.07, 6.45) is 3.54. The van der Waals surface area contributed by atoms with Gasteiger partial charge in [-0.1, -0.05) is 13.0 Å². The van der Waals surface area contributed by atoms with E-state index in [1.54, 1.807) is 29.3 Å². The van der Waals surface area contributed by atoms with Crippen LogP contribution in [-0.2, 0) is 17.8 Å². The summed E-state index contributed by atoms with van der Waals surface area (Å²) in [5, 5.41) is 10.6. The molecule has 3 rings (SSSR count). The Morgan fingerprint density at radius 3 is 2.64 bits per heavy atom. The van der Waals surface area contributed by atoms with Gasteiger partial charge >= 0.3 is 0 Å². The molecule has 0 bridgehead atoms. The fraction of sp³-hybridized carbons (Fsp3) is 0.471. The van der Waals surface area contributed by atoms with Crippen LogP contribution in [0.25, 0.3) is 0 Å². The van der Waals surface area contributed by atoms with Gasteiger partial charge in [-0.3, -0.25) is 14.6 Å². The van der Waals surface area contributed by atoms with Crippen molar-refractivity contribution in [3.63, 3.8) is 0 Å². The van der Waals surface area contributed by atoms with Crippen LogP contribution in [0.15, 0.2) is 28.8 Å². The molecule has 0 aliphatic carbocycles. The molecule has 1 aliphatic heterocycles. The van der Waals surface area contributed by atoms with Crippen molar-refractivity contribution in [1.29, 1.82) is 0 Å². The number of aryl methyl sites for hydroxylation is 1. The molecule has 1 fully saturated rings. The lowest BCUT2D eigenvalue weighted by Crippen LogP contribution is -2.43. The zero-order valence-corrected chi connectivity index (χ0v) is 14.1. The molecule has 0 radical (unpaired) electrons. The van der Waals surface area contributed by atoms with Gasteiger partial charge in [-0.25, -0.2) is 0 Å². The van der Waals surface area contributed by atoms with Crippen LogP contribution < -0.4 is 5.32 Å². The molecule has 2 amide bonds. The van der Waals surface area contributed by atoms with Crippen molar-refractivity contribution in [2.75, 3.05) is 13.1 Å². The minimum Gasteiger partial charge on any atom is -0.423 e. The minimum absolute atomic E-state index is 0.0406. The third-order valence-electron chi connectivity index (χ3n) is 4.26. The molecular formula is C17H21N5O3. The molecule has 2 aromatic heterocycles. The van der Waals surface area contributed by atoms with Crippen molar-refractivity contribution < 1.29 is 14.0 Å². The zero-order chi connectivity index (χ0) is 17.6. The van der Waals surface area contributed by atoms with Gasteiger partial charge < -0.3 is 14.6 Å². The lowest BCUT2D eigenvalue weighted by Gasteiger charge is -2.31. The number of pyridine rings is 1. The van der Waals surface area contributed by atoms with Gasteiger partial charge in [-0.05, 0) is 25.0 Å². The summed E-state index contributed by atoms with van der Waals surface area (Å²) in [5.41, 5.74) is 0.438. The van der Waals surface area contributed by atoms with E-state index in [4.69, 9.17) is 4.42 Å². The molecular weight excluding hydrogens is 322 g/mol. The lowest BCUT2D eigenvalue weighted by atomic mass is 9.95. The first-order chi connectivity index (χ1) is 12.2. The van der Waals surface area contributed by atoms with Crippen molar-refractivity contribution >= 4 is 11.8 Å². The van der Waals surface area contributed by atoms with Crippen LogP contribution in [0.1, 0.15) is 42.0 Å². The summed E-state index contributed by atoms with van der Waals surface area (Å²) < 4.78 is 5.37. The molecule has 1 N–H and O–H groups in total. The fourth-order valence-corrected chi connectivity index (χ4v) is 2.81. The highest BCUT2D eigenvalue weighted by Crippen LogP contribution is 2.19. The molecule has 0 spiro atoms. The third kappa shape index (κ3) is 4.20. The molecule has 8 heteroatoms. The Morgan fingerprint density at radius 2 is 2.00 bits per heavy atom. The van der Waals surface area contributed by atoms with Gasteiger partial charge in [0.15, 0.2) is 0 Å². The molecule has 0 unspecified atom stereocenters. The van der Waals surface area contributed by atoms with Crippen LogP contribution in [0.4, 0.5) is 0 Å². The van der Waals surface area contributed by atoms with Gasteiger partial charge in [0.05, 0.1) is 6.54 Å². The quantitative estimate of drug-likeness (QED) is 0.875. The Bertz CT molecular complexity index is 723. The van der Waals surface area contributed by atoms with Crippen LogP contribution in [0.2, 0.25) is 0 Å². The van der Waals surface area contributed by atoms with Gasteiger partial charge in [0.1, 0.15) is 5.69 Å². The van der Waals surface area contributed by atoms with Gasteiger partial charge in [-0.2, -0.15) is 0 Å². The second-order valence-corrected chi connectivity index (χ2v) is 5.94. The van der Waals surface area contributed by atoms with Crippen LogP contribution in [-0.4, -0.2) is 45.0 Å². The number of rotatable bonds is 5. The van der Waals surface area contributed by atoms with Crippen molar-refractivity contribution in [1.82, 2.24) is 25.4 Å². The van der Waals surface area contributed by atoms with Gasteiger partial charge in [0.25, 0.3) is 5.91 Å². The minimum atomic E-state index is -0.110. The SMILES string of the molecule is CCc1nnc(CNC(=O)C2CCN(C(=O)c3ccccn3)CC2)o1. The second kappa shape index (κ2) is 7.87. The lowest BCUT2D eigenvalue weighted by molar-refractivity contribution is -0.126. The molecule has 8 nitrogen and oxygen atoms in total. The summed E-state index contributed by atoms with van der Waals surface area (Å²) in [6.45, 7) is 3.26. The molecule has 1 aliphatic rings. The smallest absolute Gasteiger partial charge is 0.272 e. The van der Waals surface area contributed by atoms with E-state index in [-0.39, 0.29) is 24.3 Å². The first-order valence-electron chi connectivity index (χ1n) is 8.46.